The number of hydrogen-bond acceptors (Lipinski definition) is 1. The minimum Gasteiger partial charge on any atom is -0.457 e. The Balaban J connectivity index is 2.11. The summed E-state index contributed by atoms with van der Waals surface area (Å²) in [7, 11) is 0. The van der Waals surface area contributed by atoms with E-state index in [9.17, 15) is 0 Å². The van der Waals surface area contributed by atoms with Crippen molar-refractivity contribution >= 4 is 0 Å². The molecule has 0 aromatic heterocycles. The fourth-order valence-corrected chi connectivity index (χ4v) is 3.01. The molecule has 0 saturated carbocycles. The molecule has 0 heterocycles. The largest absolute Gasteiger partial charge is 0.457 e. The first kappa shape index (κ1) is 17.6. The van der Waals surface area contributed by atoms with Gasteiger partial charge in [0.25, 0.3) is 0 Å². The van der Waals surface area contributed by atoms with E-state index in [-0.39, 0.29) is 0 Å². The summed E-state index contributed by atoms with van der Waals surface area (Å²) in [6, 6.07) is 16.6. The van der Waals surface area contributed by atoms with Crippen LogP contribution in [0.5, 0.6) is 11.5 Å². The van der Waals surface area contributed by atoms with E-state index in [1.807, 2.05) is 30.3 Å². The van der Waals surface area contributed by atoms with Gasteiger partial charge in [-0.2, -0.15) is 0 Å². The monoisotopic (exact) mass is 310 g/mol. The van der Waals surface area contributed by atoms with E-state index in [1.54, 1.807) is 0 Å². The lowest BCUT2D eigenvalue weighted by molar-refractivity contribution is 0.473. The summed E-state index contributed by atoms with van der Waals surface area (Å²) in [4.78, 5) is 0. The van der Waals surface area contributed by atoms with Gasteiger partial charge in [0, 0.05) is 0 Å². The van der Waals surface area contributed by atoms with Crippen molar-refractivity contribution in [2.45, 2.75) is 65.2 Å². The minimum atomic E-state index is 0.924. The highest BCUT2D eigenvalue weighted by Crippen LogP contribution is 2.30. The average molecular weight is 310 g/mol. The highest BCUT2D eigenvalue weighted by molar-refractivity contribution is 5.43. The zero-order chi connectivity index (χ0) is 16.3. The van der Waals surface area contributed by atoms with Crippen molar-refractivity contribution in [1.82, 2.24) is 0 Å². The molecule has 0 bridgehead atoms. The van der Waals surface area contributed by atoms with Crippen LogP contribution in [0.25, 0.3) is 0 Å². The first-order valence-corrected chi connectivity index (χ1v) is 9.18. The smallest absolute Gasteiger partial charge is 0.130 e. The third-order valence-corrected chi connectivity index (χ3v) is 4.25. The maximum absolute atomic E-state index is 6.17. The second-order valence-electron chi connectivity index (χ2n) is 6.22. The summed E-state index contributed by atoms with van der Waals surface area (Å²) >= 11 is 0. The standard InChI is InChI=1S/C22H30O/c1-3-5-6-7-11-17-21-19(13-4-2)14-12-18-22(21)23-20-15-9-8-10-16-20/h8-10,12,14-16,18H,3-7,11,13,17H2,1-2H3. The topological polar surface area (TPSA) is 9.23 Å². The molecule has 0 fully saturated rings. The van der Waals surface area contributed by atoms with Crippen LogP contribution in [0.4, 0.5) is 0 Å². The van der Waals surface area contributed by atoms with E-state index in [4.69, 9.17) is 4.74 Å². The highest BCUT2D eigenvalue weighted by atomic mass is 16.5. The Morgan fingerprint density at radius 1 is 0.696 bits per heavy atom. The van der Waals surface area contributed by atoms with Crippen molar-refractivity contribution in [3.8, 4) is 11.5 Å². The Kier molecular flexibility index (Phi) is 7.72. The molecule has 0 spiro atoms. The summed E-state index contributed by atoms with van der Waals surface area (Å²) in [5.41, 5.74) is 2.87. The van der Waals surface area contributed by atoms with Gasteiger partial charge in [0.1, 0.15) is 11.5 Å². The molecule has 0 atom stereocenters. The molecule has 0 saturated heterocycles. The van der Waals surface area contributed by atoms with Crippen LogP contribution < -0.4 is 4.74 Å². The van der Waals surface area contributed by atoms with Gasteiger partial charge in [0.15, 0.2) is 0 Å². The van der Waals surface area contributed by atoms with Crippen LogP contribution in [0.15, 0.2) is 48.5 Å². The first-order valence-electron chi connectivity index (χ1n) is 9.18. The normalized spacial score (nSPS) is 10.7. The molecule has 2 rings (SSSR count). The zero-order valence-corrected chi connectivity index (χ0v) is 14.7. The van der Waals surface area contributed by atoms with Crippen molar-refractivity contribution in [2.75, 3.05) is 0 Å². The van der Waals surface area contributed by atoms with Crippen LogP contribution in [0.2, 0.25) is 0 Å². The van der Waals surface area contributed by atoms with E-state index in [1.165, 1.54) is 49.7 Å². The molecule has 2 aromatic rings. The summed E-state index contributed by atoms with van der Waals surface area (Å²) < 4.78 is 6.17. The number of ether oxygens (including phenoxy) is 1. The minimum absolute atomic E-state index is 0.924. The predicted octanol–water partition coefficient (Wildman–Crippen LogP) is 6.94. The molecule has 23 heavy (non-hydrogen) atoms. The summed E-state index contributed by atoms with van der Waals surface area (Å²) in [6.07, 6.45) is 10.0. The van der Waals surface area contributed by atoms with Gasteiger partial charge < -0.3 is 4.74 Å². The van der Waals surface area contributed by atoms with Gasteiger partial charge in [-0.15, -0.1) is 0 Å². The molecule has 0 aliphatic carbocycles. The third-order valence-electron chi connectivity index (χ3n) is 4.25. The number of aryl methyl sites for hydroxylation is 1. The van der Waals surface area contributed by atoms with Gasteiger partial charge in [-0.05, 0) is 48.6 Å². The molecule has 0 N–H and O–H groups in total. The average Bonchev–Trinajstić information content (AvgIpc) is 2.58. The zero-order valence-electron chi connectivity index (χ0n) is 14.7. The van der Waals surface area contributed by atoms with E-state index in [0.29, 0.717) is 0 Å². The quantitative estimate of drug-likeness (QED) is 0.432. The van der Waals surface area contributed by atoms with E-state index in [0.717, 1.165) is 24.3 Å². The molecule has 124 valence electrons. The maximum Gasteiger partial charge on any atom is 0.130 e. The van der Waals surface area contributed by atoms with Crippen molar-refractivity contribution < 1.29 is 4.74 Å². The molecular formula is C22H30O. The first-order chi connectivity index (χ1) is 11.3. The van der Waals surface area contributed by atoms with Gasteiger partial charge >= 0.3 is 0 Å². The van der Waals surface area contributed by atoms with Crippen LogP contribution in [0.1, 0.15) is 63.5 Å². The van der Waals surface area contributed by atoms with Crippen molar-refractivity contribution in [3.63, 3.8) is 0 Å². The summed E-state index contributed by atoms with van der Waals surface area (Å²) in [5, 5.41) is 0. The van der Waals surface area contributed by atoms with Crippen LogP contribution in [-0.4, -0.2) is 0 Å². The lowest BCUT2D eigenvalue weighted by Gasteiger charge is -2.15. The lowest BCUT2D eigenvalue weighted by atomic mass is 9.97. The van der Waals surface area contributed by atoms with Gasteiger partial charge in [0.05, 0.1) is 0 Å². The second-order valence-corrected chi connectivity index (χ2v) is 6.22. The maximum atomic E-state index is 6.17. The fraction of sp³-hybridized carbons (Fsp3) is 0.455. The fourth-order valence-electron chi connectivity index (χ4n) is 3.01. The molecule has 0 amide bonds. The Labute approximate surface area is 141 Å². The number of para-hydroxylation sites is 1. The van der Waals surface area contributed by atoms with E-state index in [2.05, 4.69) is 32.0 Å². The highest BCUT2D eigenvalue weighted by Gasteiger charge is 2.10. The number of unbranched alkanes of at least 4 members (excludes halogenated alkanes) is 4. The second kappa shape index (κ2) is 10.1. The summed E-state index contributed by atoms with van der Waals surface area (Å²) in [5.74, 6) is 1.96. The molecule has 0 aliphatic rings. The Bertz CT molecular complexity index is 559. The van der Waals surface area contributed by atoms with Gasteiger partial charge in [0.2, 0.25) is 0 Å². The third kappa shape index (κ3) is 5.74. The van der Waals surface area contributed by atoms with Gasteiger partial charge in [-0.25, -0.2) is 0 Å². The Morgan fingerprint density at radius 3 is 2.22 bits per heavy atom. The van der Waals surface area contributed by atoms with Crippen LogP contribution in [0.3, 0.4) is 0 Å². The van der Waals surface area contributed by atoms with Crippen molar-refractivity contribution in [3.05, 3.63) is 59.7 Å². The van der Waals surface area contributed by atoms with Gasteiger partial charge in [-0.1, -0.05) is 76.3 Å². The van der Waals surface area contributed by atoms with Crippen molar-refractivity contribution in [2.24, 2.45) is 0 Å². The van der Waals surface area contributed by atoms with Crippen molar-refractivity contribution in [1.29, 1.82) is 0 Å². The number of hydrogen-bond donors (Lipinski definition) is 0. The number of rotatable bonds is 10. The van der Waals surface area contributed by atoms with Crippen LogP contribution in [0, 0.1) is 0 Å². The lowest BCUT2D eigenvalue weighted by Crippen LogP contribution is -1.99. The Hall–Kier alpha value is -1.76. The van der Waals surface area contributed by atoms with Crippen LogP contribution in [-0.2, 0) is 12.8 Å². The van der Waals surface area contributed by atoms with E-state index < -0.39 is 0 Å². The molecule has 1 nitrogen and oxygen atoms in total. The van der Waals surface area contributed by atoms with E-state index >= 15 is 0 Å². The predicted molar refractivity (Wildman–Crippen MR) is 99.4 cm³/mol. The molecule has 1 heteroatoms. The number of benzene rings is 2. The van der Waals surface area contributed by atoms with Gasteiger partial charge in [-0.3, -0.25) is 0 Å². The van der Waals surface area contributed by atoms with Crippen LogP contribution >= 0.6 is 0 Å². The molecular weight excluding hydrogens is 280 g/mol. The SMILES string of the molecule is CCCCCCCc1c(CCC)cccc1Oc1ccccc1. The molecule has 0 unspecified atom stereocenters. The summed E-state index contributed by atoms with van der Waals surface area (Å²) in [6.45, 7) is 4.51. The Morgan fingerprint density at radius 2 is 1.48 bits per heavy atom. The molecule has 0 aliphatic heterocycles. The molecule has 2 aromatic carbocycles. The molecule has 0 radical (unpaired) electrons.